The molecule has 0 atom stereocenters. The van der Waals surface area contributed by atoms with Gasteiger partial charge in [-0.15, -0.1) is 0 Å². The summed E-state index contributed by atoms with van der Waals surface area (Å²) in [5.74, 6) is -1.57. The molecule has 24 heavy (non-hydrogen) atoms. The zero-order chi connectivity index (χ0) is 17.2. The van der Waals surface area contributed by atoms with Crippen LogP contribution in [0.2, 0.25) is 0 Å². The number of nitrogens with zero attached hydrogens (tertiary/aromatic N) is 3. The molecule has 0 aliphatic carbocycles. The standard InChI is InChI=1S/C16H10F3N3O2/c17-16(18,19)15-20-14(22-24-15)12-8-6-11(7-9-12)13(21-23)10-4-2-1-3-5-10/h1-9,23H/b21-13-. The molecule has 0 unspecified atom stereocenters. The maximum atomic E-state index is 12.5. The molecule has 2 aromatic carbocycles. The number of alkyl halides is 3. The van der Waals surface area contributed by atoms with Crippen LogP contribution in [0.1, 0.15) is 17.0 Å². The Morgan fingerprint density at radius 2 is 1.58 bits per heavy atom. The first kappa shape index (κ1) is 15.7. The summed E-state index contributed by atoms with van der Waals surface area (Å²) in [6.07, 6.45) is -4.69. The van der Waals surface area contributed by atoms with Gasteiger partial charge in [0.1, 0.15) is 5.71 Å². The number of hydrogen-bond acceptors (Lipinski definition) is 5. The van der Waals surface area contributed by atoms with Crippen molar-refractivity contribution in [3.8, 4) is 11.4 Å². The molecule has 5 nitrogen and oxygen atoms in total. The predicted octanol–water partition coefficient (Wildman–Crippen LogP) is 3.98. The SMILES string of the molecule is O/N=C(/c1ccccc1)c1ccc(-c2noc(C(F)(F)F)n2)cc1. The van der Waals surface area contributed by atoms with E-state index in [0.717, 1.165) is 0 Å². The summed E-state index contributed by atoms with van der Waals surface area (Å²) in [5, 5.41) is 15.8. The van der Waals surface area contributed by atoms with Crippen molar-refractivity contribution in [3.63, 3.8) is 0 Å². The molecule has 8 heteroatoms. The molecule has 1 N–H and O–H groups in total. The largest absolute Gasteiger partial charge is 0.471 e. The van der Waals surface area contributed by atoms with E-state index in [9.17, 15) is 18.4 Å². The minimum Gasteiger partial charge on any atom is -0.410 e. The molecule has 122 valence electrons. The smallest absolute Gasteiger partial charge is 0.410 e. The molecule has 0 aliphatic rings. The number of rotatable bonds is 3. The monoisotopic (exact) mass is 333 g/mol. The summed E-state index contributed by atoms with van der Waals surface area (Å²) in [6, 6.07) is 15.2. The first-order valence-electron chi connectivity index (χ1n) is 6.78. The molecule has 0 fully saturated rings. The van der Waals surface area contributed by atoms with Gasteiger partial charge in [0, 0.05) is 16.7 Å². The van der Waals surface area contributed by atoms with E-state index in [0.29, 0.717) is 22.4 Å². The van der Waals surface area contributed by atoms with Crippen molar-refractivity contribution in [1.29, 1.82) is 0 Å². The highest BCUT2D eigenvalue weighted by Gasteiger charge is 2.38. The molecule has 0 saturated carbocycles. The average Bonchev–Trinajstić information content (AvgIpc) is 3.08. The van der Waals surface area contributed by atoms with Crippen LogP contribution in [-0.4, -0.2) is 21.1 Å². The number of hydrogen-bond donors (Lipinski definition) is 1. The molecule has 1 aromatic heterocycles. The van der Waals surface area contributed by atoms with Gasteiger partial charge in [0.25, 0.3) is 0 Å². The van der Waals surface area contributed by atoms with Gasteiger partial charge in [-0.1, -0.05) is 64.9 Å². The molecule has 3 rings (SSSR count). The summed E-state index contributed by atoms with van der Waals surface area (Å²) in [4.78, 5) is 3.32. The quantitative estimate of drug-likeness (QED) is 0.447. The number of aromatic nitrogens is 2. The van der Waals surface area contributed by atoms with Crippen molar-refractivity contribution in [1.82, 2.24) is 10.1 Å². The predicted molar refractivity (Wildman–Crippen MR) is 78.6 cm³/mol. The molecular formula is C16H10F3N3O2. The van der Waals surface area contributed by atoms with Crippen molar-refractivity contribution in [2.24, 2.45) is 5.16 Å². The zero-order valence-corrected chi connectivity index (χ0v) is 12.0. The van der Waals surface area contributed by atoms with E-state index >= 15 is 0 Å². The van der Waals surface area contributed by atoms with Crippen molar-refractivity contribution in [2.75, 3.05) is 0 Å². The van der Waals surface area contributed by atoms with E-state index in [-0.39, 0.29) is 5.82 Å². The highest BCUT2D eigenvalue weighted by molar-refractivity contribution is 6.12. The molecule has 0 spiro atoms. The molecule has 0 saturated heterocycles. The van der Waals surface area contributed by atoms with Crippen LogP contribution in [0.3, 0.4) is 0 Å². The van der Waals surface area contributed by atoms with Crippen molar-refractivity contribution >= 4 is 5.71 Å². The van der Waals surface area contributed by atoms with Gasteiger partial charge in [0.15, 0.2) is 0 Å². The Morgan fingerprint density at radius 3 is 2.12 bits per heavy atom. The third-order valence-electron chi connectivity index (χ3n) is 3.23. The lowest BCUT2D eigenvalue weighted by Crippen LogP contribution is -2.05. The molecule has 0 bridgehead atoms. The minimum atomic E-state index is -4.69. The van der Waals surface area contributed by atoms with E-state index in [2.05, 4.69) is 19.8 Å². The molecule has 0 amide bonds. The van der Waals surface area contributed by atoms with Gasteiger partial charge in [0.05, 0.1) is 0 Å². The van der Waals surface area contributed by atoms with Crippen LogP contribution < -0.4 is 0 Å². The van der Waals surface area contributed by atoms with Crippen molar-refractivity contribution < 1.29 is 22.9 Å². The average molecular weight is 333 g/mol. The second-order valence-corrected chi connectivity index (χ2v) is 4.81. The molecular weight excluding hydrogens is 323 g/mol. The maximum Gasteiger partial charge on any atom is 0.471 e. The fraction of sp³-hybridized carbons (Fsp3) is 0.0625. The van der Waals surface area contributed by atoms with E-state index in [4.69, 9.17) is 0 Å². The second kappa shape index (κ2) is 6.15. The Kier molecular flexibility index (Phi) is 4.03. The molecule has 0 radical (unpaired) electrons. The number of halogens is 3. The lowest BCUT2D eigenvalue weighted by atomic mass is 10.0. The first-order valence-corrected chi connectivity index (χ1v) is 6.78. The fourth-order valence-corrected chi connectivity index (χ4v) is 2.11. The van der Waals surface area contributed by atoms with Crippen LogP contribution in [0.25, 0.3) is 11.4 Å². The third kappa shape index (κ3) is 3.12. The summed E-state index contributed by atoms with van der Waals surface area (Å²) in [5.41, 5.74) is 1.98. The number of benzene rings is 2. The first-order chi connectivity index (χ1) is 11.5. The van der Waals surface area contributed by atoms with Crippen LogP contribution in [0, 0.1) is 0 Å². The van der Waals surface area contributed by atoms with E-state index < -0.39 is 12.1 Å². The topological polar surface area (TPSA) is 71.5 Å². The van der Waals surface area contributed by atoms with Crippen molar-refractivity contribution in [3.05, 3.63) is 71.6 Å². The molecule has 0 aliphatic heterocycles. The van der Waals surface area contributed by atoms with E-state index in [1.807, 2.05) is 6.07 Å². The Bertz CT molecular complexity index is 856. The summed E-state index contributed by atoms with van der Waals surface area (Å²) in [7, 11) is 0. The Morgan fingerprint density at radius 1 is 0.958 bits per heavy atom. The Balaban J connectivity index is 1.89. The Hall–Kier alpha value is -3.16. The van der Waals surface area contributed by atoms with Gasteiger partial charge in [0.2, 0.25) is 5.82 Å². The lowest BCUT2D eigenvalue weighted by Gasteiger charge is -2.05. The number of oxime groups is 1. The normalized spacial score (nSPS) is 12.4. The van der Waals surface area contributed by atoms with Crippen LogP contribution in [0.15, 0.2) is 64.3 Å². The summed E-state index contributed by atoms with van der Waals surface area (Å²) in [6.45, 7) is 0. The zero-order valence-electron chi connectivity index (χ0n) is 12.0. The minimum absolute atomic E-state index is 0.170. The van der Waals surface area contributed by atoms with Crippen LogP contribution in [0.4, 0.5) is 13.2 Å². The van der Waals surface area contributed by atoms with Crippen LogP contribution >= 0.6 is 0 Å². The second-order valence-electron chi connectivity index (χ2n) is 4.81. The van der Waals surface area contributed by atoms with E-state index in [1.54, 1.807) is 36.4 Å². The Labute approximate surface area is 134 Å². The van der Waals surface area contributed by atoms with Crippen LogP contribution in [0.5, 0.6) is 0 Å². The molecule has 1 heterocycles. The highest BCUT2D eigenvalue weighted by atomic mass is 19.4. The van der Waals surface area contributed by atoms with Crippen LogP contribution in [-0.2, 0) is 6.18 Å². The third-order valence-corrected chi connectivity index (χ3v) is 3.23. The van der Waals surface area contributed by atoms with Gasteiger partial charge in [-0.3, -0.25) is 0 Å². The fourth-order valence-electron chi connectivity index (χ4n) is 2.11. The van der Waals surface area contributed by atoms with Gasteiger partial charge in [-0.2, -0.15) is 18.2 Å². The van der Waals surface area contributed by atoms with Crippen molar-refractivity contribution in [2.45, 2.75) is 6.18 Å². The maximum absolute atomic E-state index is 12.5. The highest BCUT2D eigenvalue weighted by Crippen LogP contribution is 2.29. The lowest BCUT2D eigenvalue weighted by molar-refractivity contribution is -0.159. The van der Waals surface area contributed by atoms with Gasteiger partial charge >= 0.3 is 12.1 Å². The summed E-state index contributed by atoms with van der Waals surface area (Å²) < 4.78 is 41.6. The summed E-state index contributed by atoms with van der Waals surface area (Å²) >= 11 is 0. The van der Waals surface area contributed by atoms with Gasteiger partial charge in [-0.05, 0) is 0 Å². The van der Waals surface area contributed by atoms with Gasteiger partial charge in [-0.25, -0.2) is 0 Å². The molecule has 3 aromatic rings. The van der Waals surface area contributed by atoms with Gasteiger partial charge < -0.3 is 9.73 Å². The van der Waals surface area contributed by atoms with E-state index in [1.165, 1.54) is 12.1 Å².